The number of benzene rings is 1. The van der Waals surface area contributed by atoms with Crippen molar-refractivity contribution in [1.29, 1.82) is 0 Å². The quantitative estimate of drug-likeness (QED) is 0.451. The lowest BCUT2D eigenvalue weighted by Gasteiger charge is -2.28. The minimum atomic E-state index is 0. The molecule has 0 fully saturated rings. The molecule has 3 rings (SSSR count). The molecule has 23 heavy (non-hydrogen) atoms. The number of para-hydroxylation sites is 1. The molecule has 0 saturated carbocycles. The SMILES string of the molecule is CN=C(NCc1cccn1C)NC1CCOc2ccccc21.I. The summed E-state index contributed by atoms with van der Waals surface area (Å²) in [5.74, 6) is 1.77. The van der Waals surface area contributed by atoms with Crippen LogP contribution in [-0.2, 0) is 13.6 Å². The third-order valence-corrected chi connectivity index (χ3v) is 3.98. The number of hydrogen-bond donors (Lipinski definition) is 2. The monoisotopic (exact) mass is 426 g/mol. The van der Waals surface area contributed by atoms with Gasteiger partial charge in [-0.25, -0.2) is 0 Å². The largest absolute Gasteiger partial charge is 0.493 e. The molecular formula is C17H23IN4O. The van der Waals surface area contributed by atoms with Crippen LogP contribution in [0.25, 0.3) is 0 Å². The van der Waals surface area contributed by atoms with E-state index in [1.807, 2.05) is 37.5 Å². The predicted molar refractivity (Wildman–Crippen MR) is 103 cm³/mol. The Bertz CT molecular complexity index is 668. The fourth-order valence-electron chi connectivity index (χ4n) is 2.71. The number of aromatic nitrogens is 1. The normalized spacial score (nSPS) is 16.8. The van der Waals surface area contributed by atoms with Gasteiger partial charge in [-0.05, 0) is 18.2 Å². The Morgan fingerprint density at radius 3 is 2.87 bits per heavy atom. The summed E-state index contributed by atoms with van der Waals surface area (Å²) in [6, 6.07) is 12.5. The van der Waals surface area contributed by atoms with Crippen molar-refractivity contribution in [3.05, 3.63) is 53.9 Å². The molecular weight excluding hydrogens is 403 g/mol. The maximum atomic E-state index is 5.70. The number of guanidine groups is 1. The van der Waals surface area contributed by atoms with Gasteiger partial charge < -0.3 is 19.9 Å². The number of fused-ring (bicyclic) bond motifs is 1. The van der Waals surface area contributed by atoms with Gasteiger partial charge in [-0.15, -0.1) is 24.0 Å². The second-order valence-electron chi connectivity index (χ2n) is 5.41. The standard InChI is InChI=1S/C17H22N4O.HI/c1-18-17(19-12-13-6-5-10-21(13)2)20-15-9-11-22-16-8-4-3-7-14(15)16;/h3-8,10,15H,9,11-12H2,1-2H3,(H2,18,19,20);1H. The van der Waals surface area contributed by atoms with E-state index < -0.39 is 0 Å². The summed E-state index contributed by atoms with van der Waals surface area (Å²) in [5, 5.41) is 6.86. The number of halogens is 1. The van der Waals surface area contributed by atoms with Crippen LogP contribution >= 0.6 is 24.0 Å². The average Bonchev–Trinajstić information content (AvgIpc) is 2.96. The molecule has 124 valence electrons. The van der Waals surface area contributed by atoms with Crippen molar-refractivity contribution in [3.8, 4) is 5.75 Å². The molecule has 6 heteroatoms. The van der Waals surface area contributed by atoms with Gasteiger partial charge in [-0.2, -0.15) is 0 Å². The number of nitrogens with zero attached hydrogens (tertiary/aromatic N) is 2. The summed E-state index contributed by atoms with van der Waals surface area (Å²) in [5.41, 5.74) is 2.41. The van der Waals surface area contributed by atoms with Crippen LogP contribution in [0.1, 0.15) is 23.7 Å². The first-order valence-electron chi connectivity index (χ1n) is 7.57. The first-order valence-corrected chi connectivity index (χ1v) is 7.57. The van der Waals surface area contributed by atoms with Crippen molar-refractivity contribution in [2.75, 3.05) is 13.7 Å². The molecule has 1 aliphatic rings. The van der Waals surface area contributed by atoms with Crippen LogP contribution in [0.2, 0.25) is 0 Å². The van der Waals surface area contributed by atoms with E-state index in [0.29, 0.717) is 0 Å². The topological polar surface area (TPSA) is 50.6 Å². The number of rotatable bonds is 3. The fourth-order valence-corrected chi connectivity index (χ4v) is 2.71. The first-order chi connectivity index (χ1) is 10.8. The molecule has 0 bridgehead atoms. The Labute approximate surface area is 154 Å². The van der Waals surface area contributed by atoms with E-state index in [-0.39, 0.29) is 30.0 Å². The summed E-state index contributed by atoms with van der Waals surface area (Å²) < 4.78 is 7.80. The number of aliphatic imine (C=N–C) groups is 1. The van der Waals surface area contributed by atoms with Gasteiger partial charge in [0.05, 0.1) is 19.2 Å². The molecule has 5 nitrogen and oxygen atoms in total. The van der Waals surface area contributed by atoms with E-state index in [0.717, 1.165) is 31.3 Å². The van der Waals surface area contributed by atoms with Crippen molar-refractivity contribution in [1.82, 2.24) is 15.2 Å². The van der Waals surface area contributed by atoms with Gasteiger partial charge in [0.1, 0.15) is 5.75 Å². The number of nitrogens with one attached hydrogen (secondary N) is 2. The first kappa shape index (κ1) is 17.7. The van der Waals surface area contributed by atoms with Gasteiger partial charge in [0, 0.05) is 38.0 Å². The summed E-state index contributed by atoms with van der Waals surface area (Å²) in [6.45, 7) is 1.47. The summed E-state index contributed by atoms with van der Waals surface area (Å²) >= 11 is 0. The molecule has 0 spiro atoms. The highest BCUT2D eigenvalue weighted by molar-refractivity contribution is 14.0. The maximum Gasteiger partial charge on any atom is 0.191 e. The fraction of sp³-hybridized carbons (Fsp3) is 0.353. The summed E-state index contributed by atoms with van der Waals surface area (Å²) in [7, 11) is 3.84. The lowest BCUT2D eigenvalue weighted by Crippen LogP contribution is -2.40. The molecule has 0 aliphatic carbocycles. The average molecular weight is 426 g/mol. The van der Waals surface area contributed by atoms with E-state index in [1.54, 1.807) is 7.05 Å². The predicted octanol–water partition coefficient (Wildman–Crippen LogP) is 2.83. The summed E-state index contributed by atoms with van der Waals surface area (Å²) in [6.07, 6.45) is 2.98. The maximum absolute atomic E-state index is 5.70. The Kier molecular flexibility index (Phi) is 6.32. The lowest BCUT2D eigenvalue weighted by atomic mass is 10.0. The van der Waals surface area contributed by atoms with Crippen molar-refractivity contribution < 1.29 is 4.74 Å². The zero-order valence-electron chi connectivity index (χ0n) is 13.5. The van der Waals surface area contributed by atoms with E-state index in [1.165, 1.54) is 11.3 Å². The highest BCUT2D eigenvalue weighted by Gasteiger charge is 2.21. The van der Waals surface area contributed by atoms with Gasteiger partial charge >= 0.3 is 0 Å². The number of ether oxygens (including phenoxy) is 1. The number of hydrogen-bond acceptors (Lipinski definition) is 2. The van der Waals surface area contributed by atoms with Crippen molar-refractivity contribution in [2.45, 2.75) is 19.0 Å². The molecule has 2 N–H and O–H groups in total. The smallest absolute Gasteiger partial charge is 0.191 e. The van der Waals surface area contributed by atoms with Crippen molar-refractivity contribution in [3.63, 3.8) is 0 Å². The minimum Gasteiger partial charge on any atom is -0.493 e. The van der Waals surface area contributed by atoms with Crippen LogP contribution in [-0.4, -0.2) is 24.2 Å². The molecule has 0 saturated heterocycles. The second kappa shape index (κ2) is 8.24. The van der Waals surface area contributed by atoms with Gasteiger partial charge in [-0.1, -0.05) is 18.2 Å². The van der Waals surface area contributed by atoms with Crippen LogP contribution in [0.4, 0.5) is 0 Å². The highest BCUT2D eigenvalue weighted by atomic mass is 127. The molecule has 1 atom stereocenters. The molecule has 1 aromatic heterocycles. The molecule has 1 aromatic carbocycles. The van der Waals surface area contributed by atoms with Crippen LogP contribution in [0.15, 0.2) is 47.6 Å². The molecule has 2 aromatic rings. The highest BCUT2D eigenvalue weighted by Crippen LogP contribution is 2.31. The Balaban J connectivity index is 0.00000192. The van der Waals surface area contributed by atoms with Crippen LogP contribution < -0.4 is 15.4 Å². The Morgan fingerprint density at radius 1 is 1.30 bits per heavy atom. The van der Waals surface area contributed by atoms with Crippen molar-refractivity contribution >= 4 is 29.9 Å². The van der Waals surface area contributed by atoms with Gasteiger partial charge in [0.25, 0.3) is 0 Å². The van der Waals surface area contributed by atoms with E-state index >= 15 is 0 Å². The third kappa shape index (κ3) is 4.19. The zero-order chi connectivity index (χ0) is 15.4. The van der Waals surface area contributed by atoms with Gasteiger partial charge in [0.15, 0.2) is 5.96 Å². The van der Waals surface area contributed by atoms with Crippen molar-refractivity contribution in [2.24, 2.45) is 12.0 Å². The van der Waals surface area contributed by atoms with Crippen LogP contribution in [0, 0.1) is 0 Å². The minimum absolute atomic E-state index is 0. The molecule has 1 aliphatic heterocycles. The van der Waals surface area contributed by atoms with E-state index in [9.17, 15) is 0 Å². The van der Waals surface area contributed by atoms with E-state index in [2.05, 4.69) is 32.3 Å². The zero-order valence-corrected chi connectivity index (χ0v) is 15.8. The lowest BCUT2D eigenvalue weighted by molar-refractivity contribution is 0.261. The molecule has 2 heterocycles. The molecule has 1 unspecified atom stereocenters. The van der Waals surface area contributed by atoms with Crippen LogP contribution in [0.5, 0.6) is 5.75 Å². The molecule has 0 amide bonds. The Hall–Kier alpha value is -1.70. The van der Waals surface area contributed by atoms with Crippen LogP contribution in [0.3, 0.4) is 0 Å². The summed E-state index contributed by atoms with van der Waals surface area (Å²) in [4.78, 5) is 4.33. The third-order valence-electron chi connectivity index (χ3n) is 3.98. The van der Waals surface area contributed by atoms with Gasteiger partial charge in [-0.3, -0.25) is 4.99 Å². The molecule has 0 radical (unpaired) electrons. The second-order valence-corrected chi connectivity index (χ2v) is 5.41. The number of aryl methyl sites for hydroxylation is 1. The van der Waals surface area contributed by atoms with Gasteiger partial charge in [0.2, 0.25) is 0 Å². The Morgan fingerprint density at radius 2 is 2.13 bits per heavy atom. The van der Waals surface area contributed by atoms with E-state index in [4.69, 9.17) is 4.74 Å².